The minimum atomic E-state index is -0.119. The van der Waals surface area contributed by atoms with Gasteiger partial charge in [-0.1, -0.05) is 35.9 Å². The van der Waals surface area contributed by atoms with Crippen LogP contribution in [-0.4, -0.2) is 37.7 Å². The number of benzene rings is 2. The van der Waals surface area contributed by atoms with Crippen LogP contribution >= 0.6 is 0 Å². The molecule has 4 rings (SSSR count). The van der Waals surface area contributed by atoms with Gasteiger partial charge in [0.15, 0.2) is 0 Å². The summed E-state index contributed by atoms with van der Waals surface area (Å²) in [4.78, 5) is 19.5. The van der Waals surface area contributed by atoms with Crippen molar-refractivity contribution in [3.63, 3.8) is 0 Å². The number of aromatic nitrogens is 1. The van der Waals surface area contributed by atoms with Crippen LogP contribution in [0.4, 0.5) is 22.0 Å². The molecule has 6 nitrogen and oxygen atoms in total. The van der Waals surface area contributed by atoms with Crippen molar-refractivity contribution in [2.45, 2.75) is 52.5 Å². The van der Waals surface area contributed by atoms with Gasteiger partial charge >= 0.3 is 6.03 Å². The molecule has 0 bridgehead atoms. The first-order valence-electron chi connectivity index (χ1n) is 12.3. The number of hydrogen-bond donors (Lipinski definition) is 3. The monoisotopic (exact) mass is 459 g/mol. The number of aryl methyl sites for hydroxylation is 3. The van der Waals surface area contributed by atoms with E-state index in [-0.39, 0.29) is 6.03 Å². The van der Waals surface area contributed by atoms with Crippen LogP contribution in [0.25, 0.3) is 10.9 Å². The molecule has 0 unspecified atom stereocenters. The summed E-state index contributed by atoms with van der Waals surface area (Å²) in [5.41, 5.74) is 6.51. The van der Waals surface area contributed by atoms with Gasteiger partial charge in [0.25, 0.3) is 0 Å². The average Bonchev–Trinajstić information content (AvgIpc) is 2.80. The van der Waals surface area contributed by atoms with Gasteiger partial charge in [0.2, 0.25) is 0 Å². The fourth-order valence-corrected chi connectivity index (χ4v) is 5.09. The fraction of sp³-hybridized carbons (Fsp3) is 0.429. The third kappa shape index (κ3) is 5.61. The first-order valence-corrected chi connectivity index (χ1v) is 12.3. The number of carbonyl (C=O) groups is 1. The zero-order valence-corrected chi connectivity index (χ0v) is 21.0. The molecule has 180 valence electrons. The number of amides is 2. The van der Waals surface area contributed by atoms with Crippen LogP contribution in [0.1, 0.15) is 42.4 Å². The fourth-order valence-electron chi connectivity index (χ4n) is 5.09. The predicted molar refractivity (Wildman–Crippen MR) is 143 cm³/mol. The lowest BCUT2D eigenvalue weighted by molar-refractivity contribution is 0.246. The molecule has 3 aromatic rings. The normalized spacial score (nSPS) is 17.9. The number of hydrogen-bond acceptors (Lipinski definition) is 4. The average molecular weight is 460 g/mol. The van der Waals surface area contributed by atoms with Crippen LogP contribution in [0.2, 0.25) is 0 Å². The number of carbonyl (C=O) groups excluding carboxylic acids is 1. The van der Waals surface area contributed by atoms with E-state index < -0.39 is 0 Å². The van der Waals surface area contributed by atoms with Gasteiger partial charge in [0.1, 0.15) is 5.82 Å². The van der Waals surface area contributed by atoms with Crippen LogP contribution in [0.3, 0.4) is 0 Å². The summed E-state index contributed by atoms with van der Waals surface area (Å²) in [6.45, 7) is 6.86. The summed E-state index contributed by atoms with van der Waals surface area (Å²) < 4.78 is 0. The molecule has 1 aliphatic rings. The maximum absolute atomic E-state index is 12.5. The van der Waals surface area contributed by atoms with Crippen molar-refractivity contribution in [3.8, 4) is 0 Å². The second-order valence-corrected chi connectivity index (χ2v) is 9.91. The molecule has 0 radical (unpaired) electrons. The zero-order chi connectivity index (χ0) is 24.2. The van der Waals surface area contributed by atoms with E-state index in [1.165, 1.54) is 16.6 Å². The Hall–Kier alpha value is -3.28. The summed E-state index contributed by atoms with van der Waals surface area (Å²) in [5, 5.41) is 11.0. The molecule has 0 saturated heterocycles. The van der Waals surface area contributed by atoms with E-state index in [1.807, 2.05) is 19.9 Å². The molecule has 1 saturated carbocycles. The molecule has 1 aromatic heterocycles. The predicted octanol–water partition coefficient (Wildman–Crippen LogP) is 6.02. The van der Waals surface area contributed by atoms with Crippen molar-refractivity contribution >= 4 is 34.1 Å². The van der Waals surface area contributed by atoms with Crippen LogP contribution in [0.5, 0.6) is 0 Å². The van der Waals surface area contributed by atoms with E-state index in [0.717, 1.165) is 53.8 Å². The molecule has 1 heterocycles. The van der Waals surface area contributed by atoms with Crippen molar-refractivity contribution in [2.75, 3.05) is 36.2 Å². The Morgan fingerprint density at radius 3 is 2.35 bits per heavy atom. The molecule has 0 spiro atoms. The Morgan fingerprint density at radius 2 is 1.68 bits per heavy atom. The summed E-state index contributed by atoms with van der Waals surface area (Å²) >= 11 is 0. The minimum Gasteiger partial charge on any atom is -0.377 e. The molecule has 2 amide bonds. The number of anilines is 3. The SMILES string of the molecule is Cc1cc(C)c(NC(=O)NCC2CCC(Nc3cc(N(C)C)c4ccccc4n3)CC2)c(C)c1. The van der Waals surface area contributed by atoms with Crippen molar-refractivity contribution in [1.29, 1.82) is 0 Å². The first kappa shape index (κ1) is 23.9. The molecular formula is C28H37N5O. The highest BCUT2D eigenvalue weighted by molar-refractivity contribution is 5.93. The Kier molecular flexibility index (Phi) is 7.25. The molecule has 3 N–H and O–H groups in total. The number of nitrogens with zero attached hydrogens (tertiary/aromatic N) is 2. The second-order valence-electron chi connectivity index (χ2n) is 9.91. The highest BCUT2D eigenvalue weighted by atomic mass is 16.2. The van der Waals surface area contributed by atoms with Gasteiger partial charge in [-0.25, -0.2) is 9.78 Å². The summed E-state index contributed by atoms with van der Waals surface area (Å²) in [5.74, 6) is 1.44. The lowest BCUT2D eigenvalue weighted by atomic mass is 9.86. The first-order chi connectivity index (χ1) is 16.3. The third-order valence-electron chi connectivity index (χ3n) is 6.84. The van der Waals surface area contributed by atoms with E-state index >= 15 is 0 Å². The van der Waals surface area contributed by atoms with Crippen molar-refractivity contribution < 1.29 is 4.79 Å². The largest absolute Gasteiger partial charge is 0.377 e. The third-order valence-corrected chi connectivity index (χ3v) is 6.84. The Balaban J connectivity index is 1.28. The molecule has 6 heteroatoms. The van der Waals surface area contributed by atoms with Crippen molar-refractivity contribution in [3.05, 3.63) is 59.2 Å². The minimum absolute atomic E-state index is 0.119. The van der Waals surface area contributed by atoms with Gasteiger partial charge in [0.05, 0.1) is 5.52 Å². The standard InChI is InChI=1S/C28H37N5O/c1-18-14-19(2)27(20(3)15-18)32-28(34)29-17-21-10-12-22(13-11-21)30-26-16-25(33(4)5)23-8-6-7-9-24(23)31-26/h6-9,14-16,21-22H,10-13,17H2,1-5H3,(H,30,31)(H2,29,32,34). The summed E-state index contributed by atoms with van der Waals surface area (Å²) in [6.07, 6.45) is 4.34. The molecule has 1 aliphatic carbocycles. The van der Waals surface area contributed by atoms with Crippen LogP contribution < -0.4 is 20.9 Å². The van der Waals surface area contributed by atoms with Crippen LogP contribution in [0, 0.1) is 26.7 Å². The summed E-state index contributed by atoms with van der Waals surface area (Å²) in [7, 11) is 4.14. The highest BCUT2D eigenvalue weighted by Gasteiger charge is 2.22. The second kappa shape index (κ2) is 10.3. The lowest BCUT2D eigenvalue weighted by Gasteiger charge is -2.30. The zero-order valence-electron chi connectivity index (χ0n) is 21.0. The van der Waals surface area contributed by atoms with Crippen LogP contribution in [0.15, 0.2) is 42.5 Å². The van der Waals surface area contributed by atoms with Gasteiger partial charge in [-0.3, -0.25) is 0 Å². The number of pyridine rings is 1. The van der Waals surface area contributed by atoms with Gasteiger partial charge in [-0.2, -0.15) is 0 Å². The van der Waals surface area contributed by atoms with E-state index in [4.69, 9.17) is 4.98 Å². The van der Waals surface area contributed by atoms with E-state index in [9.17, 15) is 4.79 Å². The molecule has 2 aromatic carbocycles. The highest BCUT2D eigenvalue weighted by Crippen LogP contribution is 2.30. The van der Waals surface area contributed by atoms with Gasteiger partial charge in [-0.15, -0.1) is 0 Å². The van der Waals surface area contributed by atoms with Crippen molar-refractivity contribution in [2.24, 2.45) is 5.92 Å². The number of rotatable bonds is 6. The number of nitrogens with one attached hydrogen (secondary N) is 3. The Labute approximate surface area is 203 Å². The van der Waals surface area contributed by atoms with E-state index in [0.29, 0.717) is 18.5 Å². The van der Waals surface area contributed by atoms with Gasteiger partial charge in [0, 0.05) is 49.5 Å². The number of fused-ring (bicyclic) bond motifs is 1. The van der Waals surface area contributed by atoms with Gasteiger partial charge < -0.3 is 20.9 Å². The lowest BCUT2D eigenvalue weighted by Crippen LogP contribution is -2.36. The molecule has 1 fully saturated rings. The maximum atomic E-state index is 12.5. The van der Waals surface area contributed by atoms with Crippen molar-refractivity contribution in [1.82, 2.24) is 10.3 Å². The molecule has 0 atom stereocenters. The Bertz CT molecular complexity index is 1140. The topological polar surface area (TPSA) is 69.3 Å². The maximum Gasteiger partial charge on any atom is 0.319 e. The van der Waals surface area contributed by atoms with E-state index in [1.54, 1.807) is 0 Å². The van der Waals surface area contributed by atoms with E-state index in [2.05, 4.69) is 78.3 Å². The molecule has 0 aliphatic heterocycles. The quantitative estimate of drug-likeness (QED) is 0.422. The Morgan fingerprint density at radius 1 is 1.00 bits per heavy atom. The van der Waals surface area contributed by atoms with Gasteiger partial charge in [-0.05, 0) is 69.6 Å². The summed E-state index contributed by atoms with van der Waals surface area (Å²) in [6, 6.07) is 14.9. The number of para-hydroxylation sites is 1. The van der Waals surface area contributed by atoms with Crippen LogP contribution in [-0.2, 0) is 0 Å². The smallest absolute Gasteiger partial charge is 0.319 e. The molecule has 34 heavy (non-hydrogen) atoms. The molecular weight excluding hydrogens is 422 g/mol. The number of urea groups is 1.